The summed E-state index contributed by atoms with van der Waals surface area (Å²) in [5.74, 6) is -1.09. The molecule has 2 rings (SSSR count). The van der Waals surface area contributed by atoms with Gasteiger partial charge in [-0.05, 0) is 0 Å². The van der Waals surface area contributed by atoms with E-state index in [4.69, 9.17) is 5.11 Å². The number of hydrogen-bond donors (Lipinski definition) is 3. The van der Waals surface area contributed by atoms with Crippen LogP contribution in [0.25, 0.3) is 11.2 Å². The first-order valence-corrected chi connectivity index (χ1v) is 3.97. The molecule has 2 aromatic heterocycles. The fraction of sp³-hybridized carbons (Fsp3) is 0.143. The molecule has 8 heteroatoms. The molecule has 3 N–H and O–H groups in total. The normalized spacial score (nSPS) is 10.7. The van der Waals surface area contributed by atoms with Crippen molar-refractivity contribution in [2.75, 3.05) is 0 Å². The number of aromatic amines is 2. The molecule has 0 amide bonds. The first-order chi connectivity index (χ1) is 7.08. The molecule has 0 bridgehead atoms. The molecule has 2 aromatic rings. The third-order valence-corrected chi connectivity index (χ3v) is 1.82. The van der Waals surface area contributed by atoms with Crippen LogP contribution >= 0.6 is 0 Å². The van der Waals surface area contributed by atoms with E-state index in [0.717, 1.165) is 0 Å². The van der Waals surface area contributed by atoms with Crippen LogP contribution in [0.2, 0.25) is 0 Å². The average Bonchev–Trinajstić information content (AvgIpc) is 2.48. The second-order valence-electron chi connectivity index (χ2n) is 2.87. The van der Waals surface area contributed by atoms with E-state index in [9.17, 15) is 14.4 Å². The lowest BCUT2D eigenvalue weighted by Gasteiger charge is -1.97. The molecular weight excluding hydrogens is 204 g/mol. The minimum absolute atomic E-state index is 0.0100. The van der Waals surface area contributed by atoms with E-state index >= 15 is 0 Å². The highest BCUT2D eigenvalue weighted by Crippen LogP contribution is 2.01. The van der Waals surface area contributed by atoms with Gasteiger partial charge in [-0.1, -0.05) is 0 Å². The molecule has 0 saturated carbocycles. The number of H-pyrrole nitrogens is 2. The number of nitrogens with one attached hydrogen (secondary N) is 2. The second kappa shape index (κ2) is 3.08. The molecule has 0 atom stereocenters. The first kappa shape index (κ1) is 9.19. The Bertz CT molecular complexity index is 634. The van der Waals surface area contributed by atoms with Gasteiger partial charge in [0.25, 0.3) is 5.56 Å². The van der Waals surface area contributed by atoms with Crippen molar-refractivity contribution in [3.63, 3.8) is 0 Å². The van der Waals surface area contributed by atoms with Gasteiger partial charge in [-0.3, -0.25) is 19.6 Å². The summed E-state index contributed by atoms with van der Waals surface area (Å²) in [4.78, 5) is 40.6. The molecule has 0 spiro atoms. The van der Waals surface area contributed by atoms with Crippen LogP contribution < -0.4 is 11.2 Å². The van der Waals surface area contributed by atoms with E-state index < -0.39 is 17.2 Å². The number of carbonyl (C=O) groups is 1. The summed E-state index contributed by atoms with van der Waals surface area (Å²) >= 11 is 0. The summed E-state index contributed by atoms with van der Waals surface area (Å²) in [6.45, 7) is -0.365. The van der Waals surface area contributed by atoms with E-state index in [0.29, 0.717) is 0 Å². The maximum absolute atomic E-state index is 11.2. The molecular formula is C7H6N4O4. The average molecular weight is 210 g/mol. The Morgan fingerprint density at radius 3 is 2.87 bits per heavy atom. The highest BCUT2D eigenvalue weighted by molar-refractivity contribution is 5.73. The Morgan fingerprint density at radius 2 is 2.20 bits per heavy atom. The fourth-order valence-corrected chi connectivity index (χ4v) is 1.25. The Labute approximate surface area is 81.2 Å². The summed E-state index contributed by atoms with van der Waals surface area (Å²) < 4.78 is 1.17. The summed E-state index contributed by atoms with van der Waals surface area (Å²) in [7, 11) is 0. The summed E-state index contributed by atoms with van der Waals surface area (Å²) in [6, 6.07) is 0. The lowest BCUT2D eigenvalue weighted by atomic mass is 10.5. The predicted molar refractivity (Wildman–Crippen MR) is 48.6 cm³/mol. The molecule has 15 heavy (non-hydrogen) atoms. The number of imidazole rings is 1. The van der Waals surface area contributed by atoms with Crippen LogP contribution in [0.3, 0.4) is 0 Å². The minimum Gasteiger partial charge on any atom is -0.480 e. The van der Waals surface area contributed by atoms with E-state index in [1.165, 1.54) is 10.9 Å². The number of aliphatic carboxylic acids is 1. The van der Waals surface area contributed by atoms with Crippen molar-refractivity contribution < 1.29 is 9.90 Å². The van der Waals surface area contributed by atoms with Gasteiger partial charge >= 0.3 is 11.7 Å². The first-order valence-electron chi connectivity index (χ1n) is 3.97. The smallest absolute Gasteiger partial charge is 0.327 e. The van der Waals surface area contributed by atoms with Gasteiger partial charge in [0.2, 0.25) is 0 Å². The van der Waals surface area contributed by atoms with Crippen LogP contribution in [0.4, 0.5) is 0 Å². The van der Waals surface area contributed by atoms with Gasteiger partial charge in [-0.25, -0.2) is 9.78 Å². The number of hydrogen-bond acceptors (Lipinski definition) is 4. The molecule has 0 radical (unpaired) electrons. The molecule has 0 aromatic carbocycles. The summed E-state index contributed by atoms with van der Waals surface area (Å²) in [6.07, 6.45) is 1.18. The van der Waals surface area contributed by atoms with E-state index in [-0.39, 0.29) is 17.7 Å². The molecule has 2 heterocycles. The van der Waals surface area contributed by atoms with Crippen molar-refractivity contribution in [1.29, 1.82) is 0 Å². The van der Waals surface area contributed by atoms with Crippen LogP contribution in [0.1, 0.15) is 0 Å². The molecule has 0 aliphatic heterocycles. The van der Waals surface area contributed by atoms with Gasteiger partial charge in [-0.15, -0.1) is 0 Å². The van der Waals surface area contributed by atoms with Gasteiger partial charge in [0.05, 0.1) is 6.33 Å². The standard InChI is InChI=1S/C7H6N4O4/c12-3(13)1-11-2-8-4-5(11)9-7(15)10-6(4)14/h2H,1H2,(H,12,13)(H2,9,10,14,15). The molecule has 0 aliphatic rings. The molecule has 0 saturated heterocycles. The number of nitrogens with zero attached hydrogens (tertiary/aromatic N) is 2. The monoisotopic (exact) mass is 210 g/mol. The van der Waals surface area contributed by atoms with Crippen molar-refractivity contribution >= 4 is 17.1 Å². The van der Waals surface area contributed by atoms with E-state index in [1.54, 1.807) is 0 Å². The highest BCUT2D eigenvalue weighted by atomic mass is 16.4. The SMILES string of the molecule is O=C(O)Cn1cnc2c(=O)[nH]c(=O)[nH]c21. The Hall–Kier alpha value is -2.38. The third kappa shape index (κ3) is 1.52. The summed E-state index contributed by atoms with van der Waals surface area (Å²) in [5.41, 5.74) is -1.22. The van der Waals surface area contributed by atoms with Crippen LogP contribution in [-0.2, 0) is 11.3 Å². The van der Waals surface area contributed by atoms with Crippen LogP contribution in [0.15, 0.2) is 15.9 Å². The second-order valence-corrected chi connectivity index (χ2v) is 2.87. The Kier molecular flexibility index (Phi) is 1.89. The zero-order valence-corrected chi connectivity index (χ0v) is 7.35. The largest absolute Gasteiger partial charge is 0.480 e. The van der Waals surface area contributed by atoms with Crippen molar-refractivity contribution in [3.05, 3.63) is 27.2 Å². The zero-order chi connectivity index (χ0) is 11.0. The number of rotatable bonds is 2. The fourth-order valence-electron chi connectivity index (χ4n) is 1.25. The number of fused-ring (bicyclic) bond motifs is 1. The number of carboxylic acids is 1. The lowest BCUT2D eigenvalue weighted by Crippen LogP contribution is -2.23. The maximum atomic E-state index is 11.2. The number of aromatic nitrogens is 4. The number of carboxylic acid groups (broad SMARTS) is 1. The van der Waals surface area contributed by atoms with Crippen molar-refractivity contribution in [3.8, 4) is 0 Å². The van der Waals surface area contributed by atoms with Crippen molar-refractivity contribution in [2.24, 2.45) is 0 Å². The van der Waals surface area contributed by atoms with Crippen LogP contribution in [0, 0.1) is 0 Å². The van der Waals surface area contributed by atoms with Crippen molar-refractivity contribution in [1.82, 2.24) is 19.5 Å². The van der Waals surface area contributed by atoms with Gasteiger partial charge in [0, 0.05) is 0 Å². The van der Waals surface area contributed by atoms with Gasteiger partial charge < -0.3 is 9.67 Å². The van der Waals surface area contributed by atoms with Crippen molar-refractivity contribution in [2.45, 2.75) is 6.54 Å². The lowest BCUT2D eigenvalue weighted by molar-refractivity contribution is -0.137. The Balaban J connectivity index is 2.74. The Morgan fingerprint density at radius 1 is 1.47 bits per heavy atom. The third-order valence-electron chi connectivity index (χ3n) is 1.82. The molecule has 78 valence electrons. The van der Waals surface area contributed by atoms with Gasteiger partial charge in [0.1, 0.15) is 12.2 Å². The highest BCUT2D eigenvalue weighted by Gasteiger charge is 2.09. The maximum Gasteiger partial charge on any atom is 0.327 e. The van der Waals surface area contributed by atoms with E-state index in [2.05, 4.69) is 9.97 Å². The van der Waals surface area contributed by atoms with Crippen LogP contribution in [0.5, 0.6) is 0 Å². The van der Waals surface area contributed by atoms with Gasteiger partial charge in [-0.2, -0.15) is 0 Å². The molecule has 8 nitrogen and oxygen atoms in total. The van der Waals surface area contributed by atoms with Gasteiger partial charge in [0.15, 0.2) is 5.52 Å². The molecule has 0 aliphatic carbocycles. The van der Waals surface area contributed by atoms with E-state index in [1.807, 2.05) is 4.98 Å². The molecule has 0 fully saturated rings. The molecule has 0 unspecified atom stereocenters. The topological polar surface area (TPSA) is 121 Å². The zero-order valence-electron chi connectivity index (χ0n) is 7.35. The van der Waals surface area contributed by atoms with Crippen LogP contribution in [-0.4, -0.2) is 30.6 Å². The minimum atomic E-state index is -1.09. The quantitative estimate of drug-likeness (QED) is 0.556. The predicted octanol–water partition coefficient (Wildman–Crippen LogP) is -1.50. The summed E-state index contributed by atoms with van der Waals surface area (Å²) in [5, 5.41) is 8.56.